The Kier molecular flexibility index (Phi) is 4.42. The summed E-state index contributed by atoms with van der Waals surface area (Å²) in [5.41, 5.74) is -0.0854. The van der Waals surface area contributed by atoms with E-state index in [-0.39, 0.29) is 5.57 Å². The maximum atomic E-state index is 13.9. The highest BCUT2D eigenvalue weighted by atomic mass is 19.1. The average molecular weight is 292 g/mol. The number of methoxy groups -OCH3 is 1. The van der Waals surface area contributed by atoms with Crippen LogP contribution in [0.5, 0.6) is 0 Å². The quantitative estimate of drug-likeness (QED) is 0.637. The Hall–Kier alpha value is -2.56. The maximum Gasteiger partial charge on any atom is 0.331 e. The van der Waals surface area contributed by atoms with Gasteiger partial charge >= 0.3 is 5.97 Å². The molecule has 2 nitrogen and oxygen atoms in total. The minimum Gasteiger partial charge on any atom is -0.466 e. The molecule has 0 aromatic heterocycles. The first-order valence-electron chi connectivity index (χ1n) is 6.03. The Morgan fingerprint density at radius 2 is 1.62 bits per heavy atom. The molecule has 0 saturated carbocycles. The largest absolute Gasteiger partial charge is 0.466 e. The van der Waals surface area contributed by atoms with Gasteiger partial charge in [-0.1, -0.05) is 30.3 Å². The van der Waals surface area contributed by atoms with Crippen LogP contribution in [0.1, 0.15) is 11.1 Å². The zero-order chi connectivity index (χ0) is 15.4. The van der Waals surface area contributed by atoms with Crippen molar-refractivity contribution in [2.24, 2.45) is 0 Å². The normalized spacial score (nSPS) is 11.3. The summed E-state index contributed by atoms with van der Waals surface area (Å²) in [5, 5.41) is 0. The minimum atomic E-state index is -1.09. The molecule has 5 heteroatoms. The van der Waals surface area contributed by atoms with E-state index in [0.717, 1.165) is 13.2 Å². The van der Waals surface area contributed by atoms with Crippen LogP contribution in [0.4, 0.5) is 13.2 Å². The van der Waals surface area contributed by atoms with Crippen molar-refractivity contribution >= 4 is 11.5 Å². The molecule has 0 saturated heterocycles. The Morgan fingerprint density at radius 3 is 2.14 bits per heavy atom. The van der Waals surface area contributed by atoms with Gasteiger partial charge in [0.25, 0.3) is 0 Å². The van der Waals surface area contributed by atoms with Gasteiger partial charge in [-0.3, -0.25) is 0 Å². The van der Waals surface area contributed by atoms with E-state index in [0.29, 0.717) is 17.7 Å². The summed E-state index contributed by atoms with van der Waals surface area (Å²) in [6.07, 6.45) is 0.967. The summed E-state index contributed by atoms with van der Waals surface area (Å²) in [6.45, 7) is 0. The van der Waals surface area contributed by atoms with Gasteiger partial charge in [-0.05, 0) is 5.56 Å². The van der Waals surface area contributed by atoms with Crippen LogP contribution in [0.15, 0.2) is 48.5 Å². The van der Waals surface area contributed by atoms with Crippen LogP contribution in [-0.4, -0.2) is 13.1 Å². The molecule has 0 aliphatic carbocycles. The summed E-state index contributed by atoms with van der Waals surface area (Å²) >= 11 is 0. The molecule has 0 unspecified atom stereocenters. The molecule has 2 aromatic carbocycles. The number of hydrogen-bond donors (Lipinski definition) is 0. The van der Waals surface area contributed by atoms with Gasteiger partial charge < -0.3 is 4.74 Å². The Bertz CT molecular complexity index is 671. The topological polar surface area (TPSA) is 26.3 Å². The molecule has 0 spiro atoms. The van der Waals surface area contributed by atoms with Crippen LogP contribution in [0, 0.1) is 17.5 Å². The second-order valence-electron chi connectivity index (χ2n) is 4.19. The van der Waals surface area contributed by atoms with E-state index in [2.05, 4.69) is 4.74 Å². The van der Waals surface area contributed by atoms with E-state index in [1.807, 2.05) is 0 Å². The van der Waals surface area contributed by atoms with Gasteiger partial charge in [0.15, 0.2) is 0 Å². The van der Waals surface area contributed by atoms with Crippen molar-refractivity contribution in [1.82, 2.24) is 0 Å². The van der Waals surface area contributed by atoms with Gasteiger partial charge in [-0.25, -0.2) is 18.0 Å². The van der Waals surface area contributed by atoms with Gasteiger partial charge in [-0.15, -0.1) is 0 Å². The first kappa shape index (κ1) is 14.8. The fourth-order valence-corrected chi connectivity index (χ4v) is 1.89. The number of ether oxygens (including phenoxy) is 1. The molecule has 0 atom stereocenters. The summed E-state index contributed by atoms with van der Waals surface area (Å²) < 4.78 is 45.4. The number of esters is 1. The van der Waals surface area contributed by atoms with Crippen molar-refractivity contribution in [3.8, 4) is 0 Å². The Morgan fingerprint density at radius 1 is 1.05 bits per heavy atom. The van der Waals surface area contributed by atoms with Crippen molar-refractivity contribution in [3.63, 3.8) is 0 Å². The number of hydrogen-bond acceptors (Lipinski definition) is 2. The molecular weight excluding hydrogens is 281 g/mol. The van der Waals surface area contributed by atoms with Gasteiger partial charge in [-0.2, -0.15) is 0 Å². The molecule has 108 valence electrons. The number of benzene rings is 2. The second-order valence-corrected chi connectivity index (χ2v) is 4.19. The third kappa shape index (κ3) is 3.31. The molecule has 2 aromatic rings. The van der Waals surface area contributed by atoms with Crippen LogP contribution < -0.4 is 0 Å². The molecule has 0 heterocycles. The third-order valence-corrected chi connectivity index (χ3v) is 2.82. The van der Waals surface area contributed by atoms with Crippen LogP contribution in [0.3, 0.4) is 0 Å². The Labute approximate surface area is 119 Å². The average Bonchev–Trinajstić information content (AvgIpc) is 2.46. The lowest BCUT2D eigenvalue weighted by atomic mass is 9.96. The molecule has 0 radical (unpaired) electrons. The van der Waals surface area contributed by atoms with Crippen LogP contribution >= 0.6 is 0 Å². The monoisotopic (exact) mass is 292 g/mol. The first-order chi connectivity index (χ1) is 10.0. The van der Waals surface area contributed by atoms with Crippen molar-refractivity contribution in [2.45, 2.75) is 0 Å². The lowest BCUT2D eigenvalue weighted by Crippen LogP contribution is -2.03. The molecule has 0 N–H and O–H groups in total. The summed E-state index contributed by atoms with van der Waals surface area (Å²) in [6, 6.07) is 9.31. The van der Waals surface area contributed by atoms with E-state index in [9.17, 15) is 18.0 Å². The van der Waals surface area contributed by atoms with Crippen LogP contribution in [0.2, 0.25) is 0 Å². The van der Waals surface area contributed by atoms with Gasteiger partial charge in [0.1, 0.15) is 17.5 Å². The van der Waals surface area contributed by atoms with Crippen molar-refractivity contribution in [2.75, 3.05) is 7.11 Å². The van der Waals surface area contributed by atoms with E-state index in [1.165, 1.54) is 0 Å². The van der Waals surface area contributed by atoms with E-state index >= 15 is 0 Å². The smallest absolute Gasteiger partial charge is 0.331 e. The number of halogens is 3. The van der Waals surface area contributed by atoms with Crippen molar-refractivity contribution in [3.05, 3.63) is 77.1 Å². The van der Waals surface area contributed by atoms with Crippen LogP contribution in [0.25, 0.3) is 5.57 Å². The summed E-state index contributed by atoms with van der Waals surface area (Å²) in [7, 11) is 1.15. The zero-order valence-corrected chi connectivity index (χ0v) is 11.1. The highest BCUT2D eigenvalue weighted by Gasteiger charge is 2.18. The molecule has 2 rings (SSSR count). The fourth-order valence-electron chi connectivity index (χ4n) is 1.89. The van der Waals surface area contributed by atoms with Gasteiger partial charge in [0.2, 0.25) is 0 Å². The Balaban J connectivity index is 2.67. The predicted octanol–water partition coefficient (Wildman–Crippen LogP) is 3.71. The van der Waals surface area contributed by atoms with E-state index in [4.69, 9.17) is 0 Å². The van der Waals surface area contributed by atoms with E-state index < -0.39 is 29.0 Å². The molecule has 0 aliphatic heterocycles. The third-order valence-electron chi connectivity index (χ3n) is 2.82. The zero-order valence-electron chi connectivity index (χ0n) is 11.1. The molecule has 0 amide bonds. The van der Waals surface area contributed by atoms with Gasteiger partial charge in [0, 0.05) is 23.8 Å². The number of carbonyl (C=O) groups is 1. The van der Waals surface area contributed by atoms with Crippen LogP contribution in [-0.2, 0) is 9.53 Å². The van der Waals surface area contributed by atoms with E-state index in [1.54, 1.807) is 30.3 Å². The predicted molar refractivity (Wildman–Crippen MR) is 71.9 cm³/mol. The SMILES string of the molecule is COC(=O)/C=C(\c1ccccc1)c1c(F)cc(F)cc1F. The van der Waals surface area contributed by atoms with Crippen molar-refractivity contribution < 1.29 is 22.7 Å². The number of carbonyl (C=O) groups excluding carboxylic acids is 1. The molecule has 0 fully saturated rings. The first-order valence-corrected chi connectivity index (χ1v) is 6.03. The molecular formula is C16H11F3O2. The summed E-state index contributed by atoms with van der Waals surface area (Å²) in [5.74, 6) is -3.98. The highest BCUT2D eigenvalue weighted by molar-refractivity contribution is 5.96. The summed E-state index contributed by atoms with van der Waals surface area (Å²) in [4.78, 5) is 11.4. The highest BCUT2D eigenvalue weighted by Crippen LogP contribution is 2.28. The lowest BCUT2D eigenvalue weighted by Gasteiger charge is -2.10. The molecule has 0 bridgehead atoms. The molecule has 0 aliphatic rings. The van der Waals surface area contributed by atoms with Gasteiger partial charge in [0.05, 0.1) is 12.7 Å². The fraction of sp³-hybridized carbons (Fsp3) is 0.0625. The van der Waals surface area contributed by atoms with Crippen molar-refractivity contribution in [1.29, 1.82) is 0 Å². The number of rotatable bonds is 3. The molecule has 21 heavy (non-hydrogen) atoms. The minimum absolute atomic E-state index is 0.0162. The second kappa shape index (κ2) is 6.26. The maximum absolute atomic E-state index is 13.9. The lowest BCUT2D eigenvalue weighted by molar-refractivity contribution is -0.134. The standard InChI is InChI=1S/C16H11F3O2/c1-21-15(20)9-12(10-5-3-2-4-6-10)16-13(18)7-11(17)8-14(16)19/h2-9H,1H3/b12-9+.